The second kappa shape index (κ2) is 25.3. The molecule has 0 fully saturated rings. The van der Waals surface area contributed by atoms with Crippen molar-refractivity contribution in [2.24, 2.45) is 10.2 Å². The van der Waals surface area contributed by atoms with Crippen LogP contribution in [0.4, 0.5) is 11.4 Å². The van der Waals surface area contributed by atoms with Gasteiger partial charge in [0.1, 0.15) is 0 Å². The number of nitrogens with zero attached hydrogens (tertiary/aromatic N) is 5. The third kappa shape index (κ3) is 15.0. The molecule has 0 radical (unpaired) electrons. The predicted molar refractivity (Wildman–Crippen MR) is 128 cm³/mol. The Kier molecular flexibility index (Phi) is 31.0. The number of carbonyl (C=O) groups excluding carboxylic acids is 2. The largest absolute Gasteiger partial charge is 1.00 e. The van der Waals surface area contributed by atoms with Crippen LogP contribution in [0, 0.1) is 7.43 Å². The summed E-state index contributed by atoms with van der Waals surface area (Å²) in [6.45, 7) is 8.94. The van der Waals surface area contributed by atoms with Gasteiger partial charge in [-0.25, -0.2) is 0 Å². The van der Waals surface area contributed by atoms with Gasteiger partial charge in [0.05, 0.1) is 11.4 Å². The summed E-state index contributed by atoms with van der Waals surface area (Å²) in [6.07, 6.45) is 0.500. The van der Waals surface area contributed by atoms with E-state index in [-0.39, 0.29) is 146 Å². The molecule has 0 bridgehead atoms. The van der Waals surface area contributed by atoms with Crippen LogP contribution in [0.3, 0.4) is 0 Å². The normalized spacial score (nSPS) is 8.67. The number of ketones is 2. The monoisotopic (exact) mass is 502 g/mol. The van der Waals surface area contributed by atoms with E-state index >= 15 is 0 Å². The fraction of sp³-hybridized carbons (Fsp3) is 0.375. The molecule has 0 aromatic heterocycles. The Morgan fingerprint density at radius 3 is 1.33 bits per heavy atom. The molecule has 0 saturated carbocycles. The van der Waals surface area contributed by atoms with Gasteiger partial charge in [-0.2, -0.15) is 0 Å². The molecule has 7 nitrogen and oxygen atoms in total. The fourth-order valence-electron chi connectivity index (χ4n) is 2.56. The van der Waals surface area contributed by atoms with E-state index in [1.165, 1.54) is 0 Å². The van der Waals surface area contributed by atoms with Crippen LogP contribution < -0.4 is 103 Å². The number of rotatable bonds is 10. The second-order valence-electron chi connectivity index (χ2n) is 5.88. The van der Waals surface area contributed by atoms with Gasteiger partial charge < -0.3 is 33.6 Å². The van der Waals surface area contributed by atoms with Gasteiger partial charge >= 0.3 is 103 Å². The van der Waals surface area contributed by atoms with Crippen molar-refractivity contribution < 1.29 is 112 Å². The van der Waals surface area contributed by atoms with Crippen molar-refractivity contribution in [1.29, 1.82) is 0 Å². The SMILES string of the molecule is CC.CC.CN(CCC(=O)c1ccccc1N=[N-])CCC(=O)c1ccccc1N=[N-].[CH3-].[K+].[K+]. The Bertz CT molecular complexity index is 765. The van der Waals surface area contributed by atoms with Crippen molar-refractivity contribution in [2.75, 3.05) is 20.1 Å². The van der Waals surface area contributed by atoms with E-state index in [9.17, 15) is 9.59 Å². The molecule has 0 aliphatic rings. The molecule has 0 heterocycles. The summed E-state index contributed by atoms with van der Waals surface area (Å²) < 4.78 is 0. The van der Waals surface area contributed by atoms with E-state index in [1.54, 1.807) is 48.5 Å². The molecule has 0 aliphatic heterocycles. The van der Waals surface area contributed by atoms with Gasteiger partial charge in [0.2, 0.25) is 0 Å². The summed E-state index contributed by atoms with van der Waals surface area (Å²) in [4.78, 5) is 26.4. The van der Waals surface area contributed by atoms with Crippen LogP contribution in [0.25, 0.3) is 11.1 Å². The van der Waals surface area contributed by atoms with Crippen LogP contribution in [-0.2, 0) is 0 Å². The Morgan fingerprint density at radius 2 is 1.03 bits per heavy atom. The maximum absolute atomic E-state index is 12.3. The molecule has 0 atom stereocenters. The summed E-state index contributed by atoms with van der Waals surface area (Å²) in [5, 5.41) is 6.24. The van der Waals surface area contributed by atoms with E-state index in [4.69, 9.17) is 11.1 Å². The molecule has 0 unspecified atom stereocenters. The fourth-order valence-corrected chi connectivity index (χ4v) is 2.56. The molecule has 33 heavy (non-hydrogen) atoms. The average Bonchev–Trinajstić information content (AvgIpc) is 2.83. The third-order valence-corrected chi connectivity index (χ3v) is 4.07. The Hall–Kier alpha value is 0.213. The van der Waals surface area contributed by atoms with Gasteiger partial charge in [-0.3, -0.25) is 9.59 Å². The van der Waals surface area contributed by atoms with E-state index in [0.29, 0.717) is 24.2 Å². The van der Waals surface area contributed by atoms with Crippen molar-refractivity contribution in [3.8, 4) is 0 Å². The van der Waals surface area contributed by atoms with Gasteiger partial charge in [0.15, 0.2) is 11.6 Å². The maximum Gasteiger partial charge on any atom is 1.00 e. The molecule has 0 saturated heterocycles. The van der Waals surface area contributed by atoms with E-state index in [0.717, 1.165) is 0 Å². The van der Waals surface area contributed by atoms with Gasteiger partial charge in [-0.1, -0.05) is 52.0 Å². The molecule has 0 aliphatic carbocycles. The molecule has 0 spiro atoms. The van der Waals surface area contributed by atoms with Crippen LogP contribution in [-0.4, -0.2) is 36.6 Å². The molecule has 0 N–H and O–H groups in total. The third-order valence-electron chi connectivity index (χ3n) is 4.07. The van der Waals surface area contributed by atoms with Crippen LogP contribution in [0.2, 0.25) is 0 Å². The Morgan fingerprint density at radius 1 is 0.727 bits per heavy atom. The van der Waals surface area contributed by atoms with Crippen LogP contribution in [0.5, 0.6) is 0 Å². The minimum Gasteiger partial charge on any atom is -0.706 e. The second-order valence-corrected chi connectivity index (χ2v) is 5.88. The number of hydrogen-bond acceptors (Lipinski definition) is 5. The number of hydrogen-bond donors (Lipinski definition) is 0. The zero-order chi connectivity index (χ0) is 22.9. The summed E-state index contributed by atoms with van der Waals surface area (Å²) in [5.74, 6) is -0.248. The van der Waals surface area contributed by atoms with Crippen molar-refractivity contribution >= 4 is 22.9 Å². The maximum atomic E-state index is 12.3. The van der Waals surface area contributed by atoms with Gasteiger partial charge in [-0.05, 0) is 31.3 Å². The summed E-state index contributed by atoms with van der Waals surface area (Å²) in [5.41, 5.74) is 19.1. The minimum absolute atomic E-state index is 0. The van der Waals surface area contributed by atoms with Crippen molar-refractivity contribution in [1.82, 2.24) is 4.90 Å². The van der Waals surface area contributed by atoms with Gasteiger partial charge in [0.25, 0.3) is 0 Å². The van der Waals surface area contributed by atoms with Crippen molar-refractivity contribution in [2.45, 2.75) is 40.5 Å². The number of Topliss-reactive ketones (excluding diaryl/α,β-unsaturated/α-hetero) is 2. The van der Waals surface area contributed by atoms with Gasteiger partial charge in [0, 0.05) is 37.1 Å². The molecule has 2 aromatic rings. The Labute approximate surface area is 284 Å². The van der Waals surface area contributed by atoms with Crippen molar-refractivity contribution in [3.63, 3.8) is 0 Å². The first kappa shape index (κ1) is 40.4. The smallest absolute Gasteiger partial charge is 0.706 e. The predicted octanol–water partition coefficient (Wildman–Crippen LogP) is 1.28. The number of carbonyl (C=O) groups is 2. The van der Waals surface area contributed by atoms with Crippen molar-refractivity contribution in [3.05, 3.63) is 78.1 Å². The molecule has 9 heteroatoms. The van der Waals surface area contributed by atoms with E-state index in [2.05, 4.69) is 10.2 Å². The number of benzene rings is 2. The summed E-state index contributed by atoms with van der Waals surface area (Å²) in [7, 11) is 1.82. The molecule has 2 rings (SSSR count). The quantitative estimate of drug-likeness (QED) is 0.211. The average molecular weight is 503 g/mol. The first-order chi connectivity index (χ1) is 14.6. The molecule has 170 valence electrons. The van der Waals surface area contributed by atoms with Gasteiger partial charge in [-0.15, -0.1) is 0 Å². The summed E-state index contributed by atoms with van der Waals surface area (Å²) >= 11 is 0. The van der Waals surface area contributed by atoms with E-state index < -0.39 is 0 Å². The molecular formula is C24H34K2N5O2-. The standard InChI is InChI=1S/C19H19N5O2.2C2H6.CH3.2K/c1-24(12-10-18(25)14-6-2-4-8-16(14)22-20)13-11-19(26)15-7-3-5-9-17(15)23-21;2*1-2;;;/h2-9H,10-13H2,1H3;2*1-2H3;1H3;;/q-2;;;-1;2*+1. The van der Waals surface area contributed by atoms with E-state index in [1.807, 2.05) is 39.6 Å². The molecular weight excluding hydrogens is 468 g/mol. The van der Waals surface area contributed by atoms with Crippen LogP contribution >= 0.6 is 0 Å². The van der Waals surface area contributed by atoms with Crippen LogP contribution in [0.1, 0.15) is 61.3 Å². The topological polar surface area (TPSA) is 107 Å². The Balaban J connectivity index is -0.000000569. The van der Waals surface area contributed by atoms with Crippen LogP contribution in [0.15, 0.2) is 58.8 Å². The molecule has 2 aromatic carbocycles. The first-order valence-corrected chi connectivity index (χ1v) is 10.2. The zero-order valence-electron chi connectivity index (χ0n) is 21.5. The zero-order valence-corrected chi connectivity index (χ0v) is 27.7. The summed E-state index contributed by atoms with van der Waals surface area (Å²) in [6, 6.07) is 13.2. The minimum atomic E-state index is -0.124. The first-order valence-electron chi connectivity index (χ1n) is 10.2. The molecule has 0 amide bonds.